The van der Waals surface area contributed by atoms with Crippen LogP contribution in [0.4, 0.5) is 24.8 Å². The summed E-state index contributed by atoms with van der Waals surface area (Å²) in [6, 6.07) is 9.95. The number of carboxylic acids is 1. The lowest BCUT2D eigenvalue weighted by Gasteiger charge is -2.31. The second-order valence-corrected chi connectivity index (χ2v) is 9.71. The van der Waals surface area contributed by atoms with Crippen molar-refractivity contribution in [3.05, 3.63) is 66.0 Å². The van der Waals surface area contributed by atoms with Gasteiger partial charge in [0.15, 0.2) is 6.10 Å². The number of pyridine rings is 2. The first kappa shape index (κ1) is 25.4. The van der Waals surface area contributed by atoms with Crippen LogP contribution in [-0.2, 0) is 25.7 Å². The number of carbonyl (C=O) groups is 1. The van der Waals surface area contributed by atoms with Gasteiger partial charge in [-0.05, 0) is 35.7 Å². The van der Waals surface area contributed by atoms with Gasteiger partial charge in [0.2, 0.25) is 0 Å². The molecule has 2 N–H and O–H groups in total. The van der Waals surface area contributed by atoms with Crippen LogP contribution in [0.5, 0.6) is 0 Å². The van der Waals surface area contributed by atoms with Gasteiger partial charge in [0.1, 0.15) is 11.6 Å². The van der Waals surface area contributed by atoms with Crippen LogP contribution in [0.15, 0.2) is 59.8 Å². The number of ether oxygens (including phenoxy) is 1. The monoisotopic (exact) mass is 522 g/mol. The number of hydrogen-bond donors (Lipinski definition) is 2. The zero-order valence-electron chi connectivity index (χ0n) is 18.9. The minimum absolute atomic E-state index is 0.0283. The molecule has 0 unspecified atom stereocenters. The molecular weight excluding hydrogens is 501 g/mol. The number of benzene rings is 1. The Hall–Kier alpha value is -3.71. The lowest BCUT2D eigenvalue weighted by Crippen LogP contribution is -2.46. The van der Waals surface area contributed by atoms with E-state index in [1.165, 1.54) is 24.4 Å². The van der Waals surface area contributed by atoms with Crippen molar-refractivity contribution >= 4 is 27.6 Å². The Labute approximate surface area is 204 Å². The van der Waals surface area contributed by atoms with Gasteiger partial charge in [-0.15, -0.1) is 0 Å². The maximum absolute atomic E-state index is 13.7. The van der Waals surface area contributed by atoms with E-state index in [0.29, 0.717) is 23.9 Å². The number of nitrogens with zero attached hydrogens (tertiary/aromatic N) is 3. The Morgan fingerprint density at radius 3 is 2.61 bits per heavy atom. The predicted octanol–water partition coefficient (Wildman–Crippen LogP) is 3.56. The third-order valence-corrected chi connectivity index (χ3v) is 6.93. The van der Waals surface area contributed by atoms with Crippen molar-refractivity contribution in [1.29, 1.82) is 0 Å². The van der Waals surface area contributed by atoms with E-state index >= 15 is 0 Å². The highest BCUT2D eigenvalue weighted by atomic mass is 32.2. The molecule has 1 aliphatic heterocycles. The van der Waals surface area contributed by atoms with Crippen LogP contribution in [0.3, 0.4) is 0 Å². The zero-order chi connectivity index (χ0) is 26.1. The van der Waals surface area contributed by atoms with Crippen molar-refractivity contribution in [2.75, 3.05) is 29.3 Å². The first-order chi connectivity index (χ1) is 17.0. The highest BCUT2D eigenvalue weighted by molar-refractivity contribution is 7.92. The molecule has 13 heteroatoms. The Balaban J connectivity index is 1.66. The van der Waals surface area contributed by atoms with E-state index in [9.17, 15) is 31.5 Å². The molecule has 1 fully saturated rings. The van der Waals surface area contributed by atoms with Crippen molar-refractivity contribution in [1.82, 2.24) is 9.97 Å². The Morgan fingerprint density at radius 2 is 1.92 bits per heavy atom. The van der Waals surface area contributed by atoms with E-state index in [1.54, 1.807) is 30.0 Å². The fourth-order valence-electron chi connectivity index (χ4n) is 3.78. The summed E-state index contributed by atoms with van der Waals surface area (Å²) >= 11 is 0. The van der Waals surface area contributed by atoms with Crippen LogP contribution in [-0.4, -0.2) is 55.3 Å². The average Bonchev–Trinajstić information content (AvgIpc) is 2.83. The number of halogens is 3. The number of carboxylic acid groups (broad SMARTS) is 1. The summed E-state index contributed by atoms with van der Waals surface area (Å²) < 4.78 is 74.5. The van der Waals surface area contributed by atoms with Gasteiger partial charge in [0.05, 0.1) is 23.6 Å². The SMILES string of the molecule is Cc1ccccc1-c1cc(NS(=O)(=O)c2ccnc(N3CCO[C@@H](C(=O)O)C3)c2)ncc1C(F)(F)F. The van der Waals surface area contributed by atoms with E-state index in [4.69, 9.17) is 4.74 Å². The second-order valence-electron chi connectivity index (χ2n) is 8.03. The van der Waals surface area contributed by atoms with Gasteiger partial charge in [-0.2, -0.15) is 13.2 Å². The molecular formula is C23H21F3N4O5S. The minimum Gasteiger partial charge on any atom is -0.479 e. The van der Waals surface area contributed by atoms with Crippen LogP contribution in [0, 0.1) is 6.92 Å². The summed E-state index contributed by atoms with van der Waals surface area (Å²) in [6.45, 7) is 2.04. The number of aryl methyl sites for hydroxylation is 1. The standard InChI is InChI=1S/C23H21F3N4O5S/c1-14-4-2-3-5-16(14)17-11-20(28-12-18(17)23(24,25)26)29-36(33,34)15-6-7-27-21(10-15)30-8-9-35-19(13-30)22(31)32/h2-7,10-12,19H,8-9,13H2,1H3,(H,28,29)(H,31,32)/t19-/m1/s1. The van der Waals surface area contributed by atoms with Crippen molar-refractivity contribution < 1.29 is 36.2 Å². The summed E-state index contributed by atoms with van der Waals surface area (Å²) in [6.07, 6.45) is -3.95. The van der Waals surface area contributed by atoms with Gasteiger partial charge in [0, 0.05) is 25.0 Å². The third kappa shape index (κ3) is 5.41. The maximum atomic E-state index is 13.7. The van der Waals surface area contributed by atoms with E-state index in [2.05, 4.69) is 14.7 Å². The molecule has 4 rings (SSSR count). The normalized spacial score (nSPS) is 16.6. The summed E-state index contributed by atoms with van der Waals surface area (Å²) in [5.41, 5.74) is -0.339. The smallest absolute Gasteiger partial charge is 0.418 e. The fourth-order valence-corrected chi connectivity index (χ4v) is 4.78. The highest BCUT2D eigenvalue weighted by Crippen LogP contribution is 2.39. The molecule has 0 saturated carbocycles. The van der Waals surface area contributed by atoms with E-state index in [-0.39, 0.29) is 35.2 Å². The first-order valence-electron chi connectivity index (χ1n) is 10.7. The number of anilines is 2. The molecule has 0 amide bonds. The molecule has 1 aliphatic rings. The van der Waals surface area contributed by atoms with Crippen LogP contribution in [0.2, 0.25) is 0 Å². The number of rotatable bonds is 6. The van der Waals surface area contributed by atoms with Crippen molar-refractivity contribution in [2.45, 2.75) is 24.1 Å². The summed E-state index contributed by atoms with van der Waals surface area (Å²) in [4.78, 5) is 20.4. The van der Waals surface area contributed by atoms with Crippen LogP contribution in [0.1, 0.15) is 11.1 Å². The molecule has 3 aromatic rings. The van der Waals surface area contributed by atoms with Gasteiger partial charge < -0.3 is 14.7 Å². The van der Waals surface area contributed by atoms with Crippen molar-refractivity contribution in [2.24, 2.45) is 0 Å². The average molecular weight is 523 g/mol. The zero-order valence-corrected chi connectivity index (χ0v) is 19.7. The van der Waals surface area contributed by atoms with Crippen molar-refractivity contribution in [3.8, 4) is 11.1 Å². The number of aromatic nitrogens is 2. The fraction of sp³-hybridized carbons (Fsp3) is 0.261. The number of sulfonamides is 1. The molecule has 2 aromatic heterocycles. The summed E-state index contributed by atoms with van der Waals surface area (Å²) in [7, 11) is -4.27. The lowest BCUT2D eigenvalue weighted by molar-refractivity contribution is -0.150. The molecule has 36 heavy (non-hydrogen) atoms. The molecule has 1 atom stereocenters. The number of nitrogens with one attached hydrogen (secondary N) is 1. The second kappa shape index (κ2) is 9.74. The Bertz CT molecular complexity index is 1400. The molecule has 0 bridgehead atoms. The maximum Gasteiger partial charge on any atom is 0.418 e. The summed E-state index contributed by atoms with van der Waals surface area (Å²) in [5, 5.41) is 9.19. The van der Waals surface area contributed by atoms with E-state index in [0.717, 1.165) is 6.07 Å². The molecule has 3 heterocycles. The van der Waals surface area contributed by atoms with Gasteiger partial charge in [0.25, 0.3) is 10.0 Å². The predicted molar refractivity (Wildman–Crippen MR) is 124 cm³/mol. The largest absolute Gasteiger partial charge is 0.479 e. The molecule has 1 saturated heterocycles. The van der Waals surface area contributed by atoms with Gasteiger partial charge in [-0.1, -0.05) is 24.3 Å². The molecule has 0 radical (unpaired) electrons. The highest BCUT2D eigenvalue weighted by Gasteiger charge is 2.35. The number of morpholine rings is 1. The van der Waals surface area contributed by atoms with Crippen molar-refractivity contribution in [3.63, 3.8) is 0 Å². The molecule has 0 aliphatic carbocycles. The third-order valence-electron chi connectivity index (χ3n) is 5.58. The van der Waals surface area contributed by atoms with Crippen LogP contribution in [0.25, 0.3) is 11.1 Å². The summed E-state index contributed by atoms with van der Waals surface area (Å²) in [5.74, 6) is -1.23. The minimum atomic E-state index is -4.70. The molecule has 9 nitrogen and oxygen atoms in total. The Morgan fingerprint density at radius 1 is 1.17 bits per heavy atom. The van der Waals surface area contributed by atoms with Gasteiger partial charge >= 0.3 is 12.1 Å². The number of aliphatic carboxylic acids is 1. The van der Waals surface area contributed by atoms with E-state index < -0.39 is 33.8 Å². The quantitative estimate of drug-likeness (QED) is 0.504. The van der Waals surface area contributed by atoms with Crippen LogP contribution < -0.4 is 9.62 Å². The Kier molecular flexibility index (Phi) is 6.87. The number of alkyl halides is 3. The van der Waals surface area contributed by atoms with Crippen LogP contribution >= 0.6 is 0 Å². The lowest BCUT2D eigenvalue weighted by atomic mass is 9.97. The van der Waals surface area contributed by atoms with E-state index in [1.807, 2.05) is 0 Å². The molecule has 1 aromatic carbocycles. The molecule has 0 spiro atoms. The topological polar surface area (TPSA) is 122 Å². The van der Waals surface area contributed by atoms with Gasteiger partial charge in [-0.25, -0.2) is 23.2 Å². The van der Waals surface area contributed by atoms with Gasteiger partial charge in [-0.3, -0.25) is 4.72 Å². The first-order valence-corrected chi connectivity index (χ1v) is 12.2. The molecule has 190 valence electrons. The number of hydrogen-bond acceptors (Lipinski definition) is 7.